The Hall–Kier alpha value is 0.390. The van der Waals surface area contributed by atoms with Crippen LogP contribution in [0.2, 0.25) is 0 Å². The average molecular weight is 284 g/mol. The van der Waals surface area contributed by atoms with Crippen LogP contribution in [-0.4, -0.2) is 52.8 Å². The molecule has 0 aliphatic carbocycles. The SMILES string of the molecule is CCCCCCOS(=O)(=O)c1ccccc1.[CaH2]. The summed E-state index contributed by atoms with van der Waals surface area (Å²) < 4.78 is 28.2. The van der Waals surface area contributed by atoms with Crippen molar-refractivity contribution in [2.45, 2.75) is 37.5 Å². The molecule has 17 heavy (non-hydrogen) atoms. The van der Waals surface area contributed by atoms with E-state index in [1.165, 1.54) is 0 Å². The van der Waals surface area contributed by atoms with E-state index >= 15 is 0 Å². The first-order valence-electron chi connectivity index (χ1n) is 5.61. The van der Waals surface area contributed by atoms with Crippen LogP contribution < -0.4 is 0 Å². The van der Waals surface area contributed by atoms with Crippen LogP contribution >= 0.6 is 0 Å². The predicted molar refractivity (Wildman–Crippen MR) is 72.3 cm³/mol. The van der Waals surface area contributed by atoms with Gasteiger partial charge in [-0.05, 0) is 18.6 Å². The molecule has 0 aromatic heterocycles. The van der Waals surface area contributed by atoms with Gasteiger partial charge in [0.1, 0.15) is 0 Å². The average Bonchev–Trinajstić information content (AvgIpc) is 2.30. The second-order valence-corrected chi connectivity index (χ2v) is 5.27. The van der Waals surface area contributed by atoms with E-state index in [2.05, 4.69) is 6.92 Å². The maximum atomic E-state index is 11.6. The normalized spacial score (nSPS) is 10.9. The molecule has 0 saturated heterocycles. The number of hydrogen-bond acceptors (Lipinski definition) is 3. The molecule has 0 aliphatic rings. The molecule has 0 radical (unpaired) electrons. The van der Waals surface area contributed by atoms with E-state index in [0.717, 1.165) is 25.7 Å². The van der Waals surface area contributed by atoms with Gasteiger partial charge >= 0.3 is 37.7 Å². The Morgan fingerprint density at radius 3 is 2.29 bits per heavy atom. The molecule has 0 bridgehead atoms. The van der Waals surface area contributed by atoms with Crippen molar-refractivity contribution < 1.29 is 12.6 Å². The second-order valence-electron chi connectivity index (χ2n) is 3.65. The molecule has 0 aliphatic heterocycles. The van der Waals surface area contributed by atoms with Crippen molar-refractivity contribution in [2.24, 2.45) is 0 Å². The monoisotopic (exact) mass is 284 g/mol. The summed E-state index contributed by atoms with van der Waals surface area (Å²) in [5, 5.41) is 0. The van der Waals surface area contributed by atoms with Crippen molar-refractivity contribution in [3.63, 3.8) is 0 Å². The molecule has 0 spiro atoms. The van der Waals surface area contributed by atoms with Gasteiger partial charge in [0.25, 0.3) is 10.1 Å². The molecule has 1 rings (SSSR count). The van der Waals surface area contributed by atoms with E-state index in [-0.39, 0.29) is 49.2 Å². The minimum absolute atomic E-state index is 0. The molecule has 0 saturated carbocycles. The van der Waals surface area contributed by atoms with E-state index in [4.69, 9.17) is 4.18 Å². The summed E-state index contributed by atoms with van der Waals surface area (Å²) in [6.45, 7) is 2.39. The van der Waals surface area contributed by atoms with E-state index in [0.29, 0.717) is 0 Å². The van der Waals surface area contributed by atoms with Crippen LogP contribution in [0.5, 0.6) is 0 Å². The maximum absolute atomic E-state index is 11.6. The summed E-state index contributed by atoms with van der Waals surface area (Å²) in [6, 6.07) is 8.24. The van der Waals surface area contributed by atoms with Crippen LogP contribution in [-0.2, 0) is 14.3 Å². The van der Waals surface area contributed by atoms with Crippen LogP contribution in [0.4, 0.5) is 0 Å². The summed E-state index contributed by atoms with van der Waals surface area (Å²) >= 11 is 0. The van der Waals surface area contributed by atoms with E-state index in [9.17, 15) is 8.42 Å². The van der Waals surface area contributed by atoms with Gasteiger partial charge < -0.3 is 0 Å². The Balaban J connectivity index is 0.00000256. The van der Waals surface area contributed by atoms with Crippen LogP contribution in [0.25, 0.3) is 0 Å². The Kier molecular flexibility index (Phi) is 9.55. The van der Waals surface area contributed by atoms with Gasteiger partial charge in [0.05, 0.1) is 11.5 Å². The Bertz CT molecular complexity index is 389. The van der Waals surface area contributed by atoms with Crippen molar-refractivity contribution in [2.75, 3.05) is 6.61 Å². The topological polar surface area (TPSA) is 43.4 Å². The van der Waals surface area contributed by atoms with Gasteiger partial charge in [0.15, 0.2) is 0 Å². The summed E-state index contributed by atoms with van der Waals surface area (Å²) in [6.07, 6.45) is 4.06. The molecule has 5 heteroatoms. The van der Waals surface area contributed by atoms with E-state index < -0.39 is 10.1 Å². The van der Waals surface area contributed by atoms with Gasteiger partial charge in [-0.15, -0.1) is 0 Å². The molecule has 0 atom stereocenters. The minimum atomic E-state index is -3.55. The van der Waals surface area contributed by atoms with Gasteiger partial charge in [-0.3, -0.25) is 4.18 Å². The molecule has 3 nitrogen and oxygen atoms in total. The van der Waals surface area contributed by atoms with Crippen LogP contribution in [0.1, 0.15) is 32.6 Å². The molecule has 0 unspecified atom stereocenters. The Morgan fingerprint density at radius 1 is 1.06 bits per heavy atom. The van der Waals surface area contributed by atoms with Gasteiger partial charge in [0.2, 0.25) is 0 Å². The fourth-order valence-corrected chi connectivity index (χ4v) is 2.32. The molecule has 0 fully saturated rings. The fraction of sp³-hybridized carbons (Fsp3) is 0.500. The standard InChI is InChI=1S/C12H18O3S.Ca.2H/c1-2-3-4-8-11-15-16(13,14)12-9-6-5-7-10-12;;;/h5-7,9-10H,2-4,8,11H2,1H3;;;. The van der Waals surface area contributed by atoms with Crippen molar-refractivity contribution in [3.05, 3.63) is 30.3 Å². The van der Waals surface area contributed by atoms with Gasteiger partial charge in [-0.1, -0.05) is 44.4 Å². The Morgan fingerprint density at radius 2 is 1.71 bits per heavy atom. The number of hydrogen-bond donors (Lipinski definition) is 0. The number of benzene rings is 1. The first kappa shape index (κ1) is 17.4. The zero-order valence-corrected chi connectivity index (χ0v) is 10.4. The quantitative estimate of drug-likeness (QED) is 0.437. The fourth-order valence-electron chi connectivity index (χ4n) is 1.35. The first-order valence-corrected chi connectivity index (χ1v) is 7.02. The zero-order chi connectivity index (χ0) is 11.9. The second kappa shape index (κ2) is 9.34. The molecule has 94 valence electrons. The first-order chi connectivity index (χ1) is 7.67. The molecule has 1 aromatic rings. The molecular weight excluding hydrogens is 264 g/mol. The third-order valence-electron chi connectivity index (χ3n) is 2.27. The van der Waals surface area contributed by atoms with Crippen LogP contribution in [0, 0.1) is 0 Å². The van der Waals surface area contributed by atoms with Gasteiger partial charge in [-0.25, -0.2) is 0 Å². The van der Waals surface area contributed by atoms with Crippen molar-refractivity contribution in [1.82, 2.24) is 0 Å². The van der Waals surface area contributed by atoms with Crippen molar-refractivity contribution >= 4 is 47.9 Å². The number of unbranched alkanes of at least 4 members (excludes halogenated alkanes) is 3. The third-order valence-corrected chi connectivity index (χ3v) is 3.59. The van der Waals surface area contributed by atoms with Gasteiger partial charge in [-0.2, -0.15) is 8.42 Å². The summed E-state index contributed by atoms with van der Waals surface area (Å²) in [5.41, 5.74) is 0. The third kappa shape index (κ3) is 6.77. The molecule has 0 amide bonds. The molecule has 0 N–H and O–H groups in total. The predicted octanol–water partition coefficient (Wildman–Crippen LogP) is 2.06. The van der Waals surface area contributed by atoms with Crippen molar-refractivity contribution in [3.8, 4) is 0 Å². The van der Waals surface area contributed by atoms with Crippen molar-refractivity contribution in [1.29, 1.82) is 0 Å². The molecule has 1 aromatic carbocycles. The summed E-state index contributed by atoms with van der Waals surface area (Å²) in [4.78, 5) is 0.227. The summed E-state index contributed by atoms with van der Waals surface area (Å²) in [5.74, 6) is 0. The van der Waals surface area contributed by atoms with E-state index in [1.807, 2.05) is 0 Å². The van der Waals surface area contributed by atoms with Crippen LogP contribution in [0.3, 0.4) is 0 Å². The van der Waals surface area contributed by atoms with Crippen LogP contribution in [0.15, 0.2) is 35.2 Å². The summed E-state index contributed by atoms with van der Waals surface area (Å²) in [7, 11) is -3.55. The molecule has 0 heterocycles. The zero-order valence-electron chi connectivity index (χ0n) is 9.56. The Labute approximate surface area is 134 Å². The van der Waals surface area contributed by atoms with E-state index in [1.54, 1.807) is 30.3 Å². The van der Waals surface area contributed by atoms with Gasteiger partial charge in [0, 0.05) is 0 Å². The molecular formula is C12H20CaO3S. The number of rotatable bonds is 7.